The molecule has 0 saturated carbocycles. The van der Waals surface area contributed by atoms with Gasteiger partial charge in [-0.1, -0.05) is 48.5 Å². The van der Waals surface area contributed by atoms with Gasteiger partial charge < -0.3 is 4.42 Å². The molecule has 2 heterocycles. The molecule has 0 spiro atoms. The van der Waals surface area contributed by atoms with Crippen molar-refractivity contribution in [3.8, 4) is 22.5 Å². The average Bonchev–Trinajstić information content (AvgIpc) is 2.99. The lowest BCUT2D eigenvalue weighted by Crippen LogP contribution is -1.85. The molecule has 0 aliphatic rings. The lowest BCUT2D eigenvalue weighted by Gasteiger charge is -2.05. The first-order valence-electron chi connectivity index (χ1n) is 6.83. The zero-order chi connectivity index (χ0) is 14.1. The van der Waals surface area contributed by atoms with Crippen molar-refractivity contribution in [1.29, 1.82) is 0 Å². The largest absolute Gasteiger partial charge is 0.456 e. The molecule has 0 saturated heterocycles. The minimum absolute atomic E-state index is 0.841. The van der Waals surface area contributed by atoms with Gasteiger partial charge in [0.05, 0.1) is 6.20 Å². The van der Waals surface area contributed by atoms with Gasteiger partial charge in [-0.05, 0) is 23.8 Å². The third kappa shape index (κ3) is 2.11. The van der Waals surface area contributed by atoms with Crippen molar-refractivity contribution in [1.82, 2.24) is 4.98 Å². The summed E-state index contributed by atoms with van der Waals surface area (Å²) in [4.78, 5) is 4.13. The molecule has 2 aromatic carbocycles. The van der Waals surface area contributed by atoms with E-state index < -0.39 is 0 Å². The van der Waals surface area contributed by atoms with Gasteiger partial charge in [-0.2, -0.15) is 0 Å². The van der Waals surface area contributed by atoms with Gasteiger partial charge in [0.1, 0.15) is 11.3 Å². The van der Waals surface area contributed by atoms with Crippen LogP contribution in [0.2, 0.25) is 0 Å². The first-order chi connectivity index (χ1) is 10.4. The molecule has 2 aromatic heterocycles. The summed E-state index contributed by atoms with van der Waals surface area (Å²) in [6, 6.07) is 22.2. The van der Waals surface area contributed by atoms with Crippen molar-refractivity contribution in [2.24, 2.45) is 0 Å². The van der Waals surface area contributed by atoms with Crippen LogP contribution in [0.15, 0.2) is 77.3 Å². The Labute approximate surface area is 122 Å². The Morgan fingerprint density at radius 2 is 1.67 bits per heavy atom. The Balaban J connectivity index is 1.93. The van der Waals surface area contributed by atoms with Crippen molar-refractivity contribution >= 4 is 11.0 Å². The van der Waals surface area contributed by atoms with Crippen LogP contribution in [0.1, 0.15) is 0 Å². The summed E-state index contributed by atoms with van der Waals surface area (Å²) in [5.74, 6) is 0.841. The van der Waals surface area contributed by atoms with Gasteiger partial charge in [-0.25, -0.2) is 0 Å². The highest BCUT2D eigenvalue weighted by atomic mass is 16.3. The summed E-state index contributed by atoms with van der Waals surface area (Å²) in [5.41, 5.74) is 3.94. The Morgan fingerprint density at radius 1 is 0.857 bits per heavy atom. The molecule has 0 amide bonds. The number of nitrogens with zero attached hydrogens (tertiary/aromatic N) is 1. The summed E-state index contributed by atoms with van der Waals surface area (Å²) in [7, 11) is 0. The summed E-state index contributed by atoms with van der Waals surface area (Å²) >= 11 is 0. The van der Waals surface area contributed by atoms with E-state index in [0.717, 1.165) is 33.4 Å². The van der Waals surface area contributed by atoms with Gasteiger partial charge in [0.25, 0.3) is 0 Å². The monoisotopic (exact) mass is 270 g/mol. The van der Waals surface area contributed by atoms with Gasteiger partial charge in [-0.15, -0.1) is 0 Å². The van der Waals surface area contributed by atoms with E-state index >= 15 is 0 Å². The van der Waals surface area contributed by atoms with Crippen LogP contribution in [0.25, 0.3) is 33.4 Å². The van der Waals surface area contributed by atoms with Crippen LogP contribution >= 0.6 is 0 Å². The van der Waals surface area contributed by atoms with E-state index in [0.29, 0.717) is 0 Å². The lowest BCUT2D eigenvalue weighted by atomic mass is 10.0. The maximum atomic E-state index is 5.97. The van der Waals surface area contributed by atoms with Crippen LogP contribution < -0.4 is 0 Å². The van der Waals surface area contributed by atoms with Gasteiger partial charge in [0, 0.05) is 22.7 Å². The van der Waals surface area contributed by atoms with E-state index in [4.69, 9.17) is 4.42 Å². The molecule has 0 fully saturated rings. The fraction of sp³-hybridized carbons (Fsp3) is 0. The second kappa shape index (κ2) is 4.91. The highest BCUT2D eigenvalue weighted by molar-refractivity contribution is 5.87. The zero-order valence-electron chi connectivity index (χ0n) is 11.3. The molecule has 0 aliphatic carbocycles. The number of aromatic nitrogens is 1. The molecule has 0 bridgehead atoms. The van der Waals surface area contributed by atoms with Crippen molar-refractivity contribution in [2.45, 2.75) is 0 Å². The number of pyridine rings is 1. The summed E-state index contributed by atoms with van der Waals surface area (Å²) in [5, 5.41) is 1.10. The molecule has 99 valence electrons. The Bertz CT molecular complexity index is 861. The molecule has 2 nitrogen and oxygen atoms in total. The van der Waals surface area contributed by atoms with Crippen molar-refractivity contribution < 1.29 is 4.42 Å². The highest BCUT2D eigenvalue weighted by Crippen LogP contribution is 2.34. The maximum Gasteiger partial charge on any atom is 0.136 e. The molecular formula is C19H12NO. The predicted octanol–water partition coefficient (Wildman–Crippen LogP) is 4.96. The first-order valence-corrected chi connectivity index (χ1v) is 6.83. The zero-order valence-corrected chi connectivity index (χ0v) is 11.3. The lowest BCUT2D eigenvalue weighted by molar-refractivity contribution is 0.631. The number of hydrogen-bond acceptors (Lipinski definition) is 2. The van der Waals surface area contributed by atoms with Crippen LogP contribution in [0, 0.1) is 6.20 Å². The van der Waals surface area contributed by atoms with Gasteiger partial charge in [-0.3, -0.25) is 4.98 Å². The number of fused-ring (bicyclic) bond motifs is 1. The predicted molar refractivity (Wildman–Crippen MR) is 83.7 cm³/mol. The third-order valence-electron chi connectivity index (χ3n) is 3.51. The number of rotatable bonds is 2. The summed E-state index contributed by atoms with van der Waals surface area (Å²) < 4.78 is 5.97. The number of furan rings is 1. The molecular weight excluding hydrogens is 258 g/mol. The van der Waals surface area contributed by atoms with Crippen LogP contribution in [0.3, 0.4) is 0 Å². The summed E-state index contributed by atoms with van der Waals surface area (Å²) in [6.07, 6.45) is 4.83. The smallest absolute Gasteiger partial charge is 0.136 e. The minimum atomic E-state index is 0.841. The average molecular weight is 270 g/mol. The molecule has 4 aromatic rings. The van der Waals surface area contributed by atoms with Crippen LogP contribution in [-0.4, -0.2) is 4.98 Å². The van der Waals surface area contributed by atoms with E-state index in [-0.39, 0.29) is 0 Å². The van der Waals surface area contributed by atoms with Crippen LogP contribution in [0.4, 0.5) is 0 Å². The number of para-hydroxylation sites is 1. The molecule has 0 aliphatic heterocycles. The molecule has 0 unspecified atom stereocenters. The highest BCUT2D eigenvalue weighted by Gasteiger charge is 2.12. The molecule has 2 heteroatoms. The second-order valence-corrected chi connectivity index (χ2v) is 4.86. The van der Waals surface area contributed by atoms with Gasteiger partial charge in [0.2, 0.25) is 0 Å². The van der Waals surface area contributed by atoms with E-state index in [1.54, 1.807) is 6.20 Å². The topological polar surface area (TPSA) is 26.0 Å². The van der Waals surface area contributed by atoms with E-state index in [1.165, 1.54) is 0 Å². The molecule has 0 atom stereocenters. The standard InChI is InChI=1S/C19H12NO/c1-2-6-14(7-3-1)17-13-20-11-10-16(17)19-12-15-8-4-5-9-18(15)21-19/h1-12H. The Morgan fingerprint density at radius 3 is 2.52 bits per heavy atom. The SMILES string of the molecule is [c]1nccc(-c2cc3ccccc3o2)c1-c1ccccc1. The molecule has 4 rings (SSSR count). The molecule has 1 radical (unpaired) electrons. The van der Waals surface area contributed by atoms with E-state index in [9.17, 15) is 0 Å². The third-order valence-corrected chi connectivity index (χ3v) is 3.51. The van der Waals surface area contributed by atoms with E-state index in [1.807, 2.05) is 42.5 Å². The van der Waals surface area contributed by atoms with Gasteiger partial charge in [0.15, 0.2) is 0 Å². The van der Waals surface area contributed by atoms with Crippen LogP contribution in [-0.2, 0) is 0 Å². The Kier molecular flexibility index (Phi) is 2.79. The van der Waals surface area contributed by atoms with Crippen LogP contribution in [0.5, 0.6) is 0 Å². The molecule has 0 N–H and O–H groups in total. The molecule has 21 heavy (non-hydrogen) atoms. The van der Waals surface area contributed by atoms with Crippen molar-refractivity contribution in [2.75, 3.05) is 0 Å². The fourth-order valence-corrected chi connectivity index (χ4v) is 2.50. The van der Waals surface area contributed by atoms with E-state index in [2.05, 4.69) is 35.4 Å². The Hall–Kier alpha value is -2.87. The van der Waals surface area contributed by atoms with Gasteiger partial charge >= 0.3 is 0 Å². The number of benzene rings is 2. The second-order valence-electron chi connectivity index (χ2n) is 4.86. The summed E-state index contributed by atoms with van der Waals surface area (Å²) in [6.45, 7) is 0. The minimum Gasteiger partial charge on any atom is -0.456 e. The fourth-order valence-electron chi connectivity index (χ4n) is 2.50. The van der Waals surface area contributed by atoms with Crippen molar-refractivity contribution in [3.05, 3.63) is 79.1 Å². The normalized spacial score (nSPS) is 10.9. The van der Waals surface area contributed by atoms with Crippen molar-refractivity contribution in [3.63, 3.8) is 0 Å². The first kappa shape index (κ1) is 11.9. The quantitative estimate of drug-likeness (QED) is 0.514. The number of hydrogen-bond donors (Lipinski definition) is 0. The maximum absolute atomic E-state index is 5.97.